The summed E-state index contributed by atoms with van der Waals surface area (Å²) in [4.78, 5) is 17.8. The number of nitrogens with one attached hydrogen (secondary N) is 2. The molecule has 2 heterocycles. The maximum absolute atomic E-state index is 12.2. The van der Waals surface area contributed by atoms with E-state index in [1.807, 2.05) is 38.1 Å². The van der Waals surface area contributed by atoms with Gasteiger partial charge in [0.2, 0.25) is 5.91 Å². The van der Waals surface area contributed by atoms with E-state index in [1.165, 1.54) is 11.3 Å². The SMILES string of the molecule is CCOc1ccc(-c2nc(NC(=O)C3CCCN3)sc2C)cc1.Cl. The predicted molar refractivity (Wildman–Crippen MR) is 100 cm³/mol. The first-order chi connectivity index (χ1) is 11.2. The minimum Gasteiger partial charge on any atom is -0.494 e. The van der Waals surface area contributed by atoms with Crippen molar-refractivity contribution in [1.29, 1.82) is 0 Å². The molecule has 130 valence electrons. The molecule has 5 nitrogen and oxygen atoms in total. The van der Waals surface area contributed by atoms with E-state index in [2.05, 4.69) is 15.6 Å². The second kappa shape index (κ2) is 8.46. The first-order valence-corrected chi connectivity index (χ1v) is 8.74. The number of ether oxygens (including phenoxy) is 1. The summed E-state index contributed by atoms with van der Waals surface area (Å²) in [5, 5.41) is 6.78. The van der Waals surface area contributed by atoms with E-state index >= 15 is 0 Å². The van der Waals surface area contributed by atoms with Gasteiger partial charge in [-0.2, -0.15) is 0 Å². The van der Waals surface area contributed by atoms with Crippen LogP contribution in [0.2, 0.25) is 0 Å². The van der Waals surface area contributed by atoms with Crippen LogP contribution in [0.5, 0.6) is 5.75 Å². The van der Waals surface area contributed by atoms with Crippen LogP contribution in [0.3, 0.4) is 0 Å². The standard InChI is InChI=1S/C17H21N3O2S.ClH/c1-3-22-13-8-6-12(7-9-13)15-11(2)23-17(19-15)20-16(21)14-5-4-10-18-14;/h6-9,14,18H,3-5,10H2,1-2H3,(H,19,20,21);1H. The summed E-state index contributed by atoms with van der Waals surface area (Å²) in [5.74, 6) is 0.861. The fourth-order valence-electron chi connectivity index (χ4n) is 2.69. The highest BCUT2D eigenvalue weighted by atomic mass is 35.5. The van der Waals surface area contributed by atoms with Gasteiger partial charge < -0.3 is 15.4 Å². The molecule has 0 radical (unpaired) electrons. The number of hydrogen-bond acceptors (Lipinski definition) is 5. The normalized spacial score (nSPS) is 16.5. The third-order valence-electron chi connectivity index (χ3n) is 3.84. The Bertz CT molecular complexity index is 682. The van der Waals surface area contributed by atoms with Gasteiger partial charge >= 0.3 is 0 Å². The minimum atomic E-state index is -0.0897. The number of benzene rings is 1. The first-order valence-electron chi connectivity index (χ1n) is 7.92. The van der Waals surface area contributed by atoms with Crippen molar-refractivity contribution >= 4 is 34.8 Å². The Hall–Kier alpha value is -1.63. The molecule has 1 aliphatic heterocycles. The number of carbonyl (C=O) groups is 1. The zero-order chi connectivity index (χ0) is 16.2. The maximum Gasteiger partial charge on any atom is 0.243 e. The third-order valence-corrected chi connectivity index (χ3v) is 4.73. The molecule has 1 unspecified atom stereocenters. The second-order valence-corrected chi connectivity index (χ2v) is 6.72. The van der Waals surface area contributed by atoms with Gasteiger partial charge in [-0.25, -0.2) is 4.98 Å². The molecular weight excluding hydrogens is 346 g/mol. The van der Waals surface area contributed by atoms with Crippen molar-refractivity contribution < 1.29 is 9.53 Å². The molecule has 0 aliphatic carbocycles. The molecule has 0 spiro atoms. The zero-order valence-electron chi connectivity index (χ0n) is 13.8. The molecule has 1 aromatic heterocycles. The van der Waals surface area contributed by atoms with Crippen molar-refractivity contribution in [2.75, 3.05) is 18.5 Å². The van der Waals surface area contributed by atoms with Crippen LogP contribution in [0, 0.1) is 6.92 Å². The van der Waals surface area contributed by atoms with Crippen molar-refractivity contribution in [2.45, 2.75) is 32.7 Å². The Labute approximate surface area is 152 Å². The quantitative estimate of drug-likeness (QED) is 0.847. The number of aromatic nitrogens is 1. The molecule has 1 fully saturated rings. The van der Waals surface area contributed by atoms with Gasteiger partial charge in [0.25, 0.3) is 0 Å². The molecule has 2 aromatic rings. The first kappa shape index (κ1) is 18.7. The molecule has 0 saturated carbocycles. The van der Waals surface area contributed by atoms with Gasteiger partial charge in [0.1, 0.15) is 5.75 Å². The number of aryl methyl sites for hydroxylation is 1. The van der Waals surface area contributed by atoms with E-state index in [1.54, 1.807) is 0 Å². The number of rotatable bonds is 5. The van der Waals surface area contributed by atoms with Gasteiger partial charge in [0.05, 0.1) is 18.3 Å². The topological polar surface area (TPSA) is 63.2 Å². The van der Waals surface area contributed by atoms with Gasteiger partial charge in [-0.05, 0) is 57.5 Å². The summed E-state index contributed by atoms with van der Waals surface area (Å²) in [5.41, 5.74) is 1.94. The van der Waals surface area contributed by atoms with Crippen molar-refractivity contribution in [3.8, 4) is 17.0 Å². The third kappa shape index (κ3) is 4.26. The Morgan fingerprint density at radius 3 is 2.79 bits per heavy atom. The number of thiazole rings is 1. The number of carbonyl (C=O) groups excluding carboxylic acids is 1. The highest BCUT2D eigenvalue weighted by Crippen LogP contribution is 2.31. The number of amides is 1. The van der Waals surface area contributed by atoms with Gasteiger partial charge in [-0.3, -0.25) is 4.79 Å². The number of nitrogens with zero attached hydrogens (tertiary/aromatic N) is 1. The van der Waals surface area contributed by atoms with Crippen molar-refractivity contribution in [3.05, 3.63) is 29.1 Å². The number of anilines is 1. The van der Waals surface area contributed by atoms with Gasteiger partial charge in [-0.15, -0.1) is 23.7 Å². The summed E-state index contributed by atoms with van der Waals surface area (Å²) in [6.07, 6.45) is 1.94. The van der Waals surface area contributed by atoms with E-state index in [-0.39, 0.29) is 24.4 Å². The number of hydrogen-bond donors (Lipinski definition) is 2. The molecule has 1 amide bonds. The molecule has 0 bridgehead atoms. The lowest BCUT2D eigenvalue weighted by atomic mass is 10.1. The van der Waals surface area contributed by atoms with E-state index < -0.39 is 0 Å². The summed E-state index contributed by atoms with van der Waals surface area (Å²) >= 11 is 1.51. The second-order valence-electron chi connectivity index (χ2n) is 5.52. The fourth-order valence-corrected chi connectivity index (χ4v) is 3.53. The van der Waals surface area contributed by atoms with Crippen LogP contribution in [-0.4, -0.2) is 30.1 Å². The van der Waals surface area contributed by atoms with Crippen LogP contribution < -0.4 is 15.4 Å². The maximum atomic E-state index is 12.2. The molecule has 1 aliphatic rings. The Morgan fingerprint density at radius 1 is 1.42 bits per heavy atom. The lowest BCUT2D eigenvalue weighted by molar-refractivity contribution is -0.117. The lowest BCUT2D eigenvalue weighted by Crippen LogP contribution is -2.35. The Kier molecular flexibility index (Phi) is 6.60. The van der Waals surface area contributed by atoms with E-state index in [9.17, 15) is 4.79 Å². The molecule has 1 atom stereocenters. The molecule has 1 aromatic carbocycles. The zero-order valence-corrected chi connectivity index (χ0v) is 15.4. The molecule has 3 rings (SSSR count). The monoisotopic (exact) mass is 367 g/mol. The summed E-state index contributed by atoms with van der Waals surface area (Å²) in [7, 11) is 0. The Balaban J connectivity index is 0.00000208. The van der Waals surface area contributed by atoms with Gasteiger partial charge in [0, 0.05) is 10.4 Å². The van der Waals surface area contributed by atoms with Crippen LogP contribution in [0.4, 0.5) is 5.13 Å². The largest absolute Gasteiger partial charge is 0.494 e. The lowest BCUT2D eigenvalue weighted by Gasteiger charge is -2.08. The molecular formula is C17H22ClN3O2S. The van der Waals surface area contributed by atoms with E-state index in [0.29, 0.717) is 11.7 Å². The summed E-state index contributed by atoms with van der Waals surface area (Å²) < 4.78 is 5.46. The van der Waals surface area contributed by atoms with Crippen LogP contribution >= 0.6 is 23.7 Å². The minimum absolute atomic E-state index is 0. The highest BCUT2D eigenvalue weighted by Gasteiger charge is 2.23. The van der Waals surface area contributed by atoms with Gasteiger partial charge in [0.15, 0.2) is 5.13 Å². The number of halogens is 1. The highest BCUT2D eigenvalue weighted by molar-refractivity contribution is 7.16. The summed E-state index contributed by atoms with van der Waals surface area (Å²) in [6.45, 7) is 5.55. The smallest absolute Gasteiger partial charge is 0.243 e. The molecule has 1 saturated heterocycles. The van der Waals surface area contributed by atoms with Crippen LogP contribution in [0.15, 0.2) is 24.3 Å². The summed E-state index contributed by atoms with van der Waals surface area (Å²) in [6, 6.07) is 7.79. The van der Waals surface area contributed by atoms with Crippen molar-refractivity contribution in [3.63, 3.8) is 0 Å². The van der Waals surface area contributed by atoms with Crippen LogP contribution in [0.25, 0.3) is 11.3 Å². The average Bonchev–Trinajstić information content (AvgIpc) is 3.18. The van der Waals surface area contributed by atoms with Gasteiger partial charge in [-0.1, -0.05) is 0 Å². The van der Waals surface area contributed by atoms with Crippen LogP contribution in [-0.2, 0) is 4.79 Å². The van der Waals surface area contributed by atoms with E-state index in [4.69, 9.17) is 4.74 Å². The fraction of sp³-hybridized carbons (Fsp3) is 0.412. The molecule has 7 heteroatoms. The molecule has 2 N–H and O–H groups in total. The van der Waals surface area contributed by atoms with Crippen molar-refractivity contribution in [1.82, 2.24) is 10.3 Å². The van der Waals surface area contributed by atoms with Crippen LogP contribution in [0.1, 0.15) is 24.6 Å². The van der Waals surface area contributed by atoms with Crippen molar-refractivity contribution in [2.24, 2.45) is 0 Å². The molecule has 24 heavy (non-hydrogen) atoms. The average molecular weight is 368 g/mol. The van der Waals surface area contributed by atoms with E-state index in [0.717, 1.165) is 41.3 Å². The predicted octanol–water partition coefficient (Wildman–Crippen LogP) is 3.63. The Morgan fingerprint density at radius 2 is 2.17 bits per heavy atom.